The number of hydrogen-bond acceptors (Lipinski definition) is 3. The second-order valence-electron chi connectivity index (χ2n) is 5.61. The molecule has 1 saturated heterocycles. The third-order valence-corrected chi connectivity index (χ3v) is 3.70. The van der Waals surface area contributed by atoms with Crippen LogP contribution in [0.15, 0.2) is 0 Å². The van der Waals surface area contributed by atoms with Gasteiger partial charge in [0.1, 0.15) is 0 Å². The van der Waals surface area contributed by atoms with Crippen molar-refractivity contribution in [3.8, 4) is 0 Å². The number of likely N-dealkylation sites (tertiary alicyclic amines) is 1. The lowest BCUT2D eigenvalue weighted by atomic mass is 9.97. The Morgan fingerprint density at radius 1 is 1.44 bits per heavy atom. The Balaban J connectivity index is 2.16. The van der Waals surface area contributed by atoms with Gasteiger partial charge in [0, 0.05) is 25.6 Å². The Hall–Kier alpha value is -0.610. The zero-order valence-electron chi connectivity index (χ0n) is 12.2. The van der Waals surface area contributed by atoms with Crippen LogP contribution in [0.4, 0.5) is 0 Å². The Morgan fingerprint density at radius 2 is 2.22 bits per heavy atom. The molecule has 1 heterocycles. The molecule has 18 heavy (non-hydrogen) atoms. The van der Waals surface area contributed by atoms with Gasteiger partial charge in [-0.25, -0.2) is 0 Å². The zero-order valence-corrected chi connectivity index (χ0v) is 12.2. The lowest BCUT2D eigenvalue weighted by Crippen LogP contribution is -2.43. The number of nitrogens with one attached hydrogen (secondary N) is 2. The Labute approximate surface area is 111 Å². The van der Waals surface area contributed by atoms with Crippen molar-refractivity contribution in [2.75, 3.05) is 33.2 Å². The molecule has 0 spiro atoms. The molecule has 106 valence electrons. The van der Waals surface area contributed by atoms with Crippen LogP contribution in [0.3, 0.4) is 0 Å². The number of piperidine rings is 1. The minimum absolute atomic E-state index is 0.201. The van der Waals surface area contributed by atoms with Crippen LogP contribution in [0.5, 0.6) is 0 Å². The highest BCUT2D eigenvalue weighted by molar-refractivity contribution is 5.75. The normalized spacial score (nSPS) is 21.2. The number of amides is 1. The molecule has 0 radical (unpaired) electrons. The molecule has 1 aliphatic heterocycles. The molecule has 0 aliphatic carbocycles. The van der Waals surface area contributed by atoms with E-state index in [9.17, 15) is 4.79 Å². The quantitative estimate of drug-likeness (QED) is 0.672. The van der Waals surface area contributed by atoms with Gasteiger partial charge in [0.15, 0.2) is 0 Å². The standard InChI is InChI=1S/C14H29N3O/c1-12(2)17-9-5-6-13(11-17)10-16-14(18)7-4-8-15-3/h12-13,15H,4-11H2,1-3H3,(H,16,18). The summed E-state index contributed by atoms with van der Waals surface area (Å²) in [7, 11) is 1.92. The molecule has 0 aromatic heterocycles. The fourth-order valence-corrected chi connectivity index (χ4v) is 2.51. The van der Waals surface area contributed by atoms with E-state index in [4.69, 9.17) is 0 Å². The van der Waals surface area contributed by atoms with Crippen LogP contribution in [0.1, 0.15) is 39.5 Å². The molecule has 1 rings (SSSR count). The van der Waals surface area contributed by atoms with E-state index in [2.05, 4.69) is 29.4 Å². The van der Waals surface area contributed by atoms with Crippen molar-refractivity contribution in [3.63, 3.8) is 0 Å². The van der Waals surface area contributed by atoms with Crippen molar-refractivity contribution in [2.45, 2.75) is 45.6 Å². The van der Waals surface area contributed by atoms with E-state index in [0.717, 1.165) is 26.1 Å². The van der Waals surface area contributed by atoms with Gasteiger partial charge < -0.3 is 15.5 Å². The first-order valence-corrected chi connectivity index (χ1v) is 7.28. The lowest BCUT2D eigenvalue weighted by Gasteiger charge is -2.35. The van der Waals surface area contributed by atoms with Crippen molar-refractivity contribution in [1.82, 2.24) is 15.5 Å². The number of rotatable bonds is 7. The molecular weight excluding hydrogens is 226 g/mol. The van der Waals surface area contributed by atoms with Crippen molar-refractivity contribution >= 4 is 5.91 Å². The molecule has 1 unspecified atom stereocenters. The molecule has 0 aromatic rings. The van der Waals surface area contributed by atoms with Crippen LogP contribution >= 0.6 is 0 Å². The van der Waals surface area contributed by atoms with E-state index in [-0.39, 0.29) is 5.91 Å². The van der Waals surface area contributed by atoms with Crippen LogP contribution in [0.2, 0.25) is 0 Å². The average Bonchev–Trinajstić information content (AvgIpc) is 2.37. The summed E-state index contributed by atoms with van der Waals surface area (Å²) in [4.78, 5) is 14.1. The number of nitrogens with zero attached hydrogens (tertiary/aromatic N) is 1. The first kappa shape index (κ1) is 15.4. The summed E-state index contributed by atoms with van der Waals surface area (Å²) in [5.41, 5.74) is 0. The summed E-state index contributed by atoms with van der Waals surface area (Å²) < 4.78 is 0. The molecule has 0 bridgehead atoms. The molecular formula is C14H29N3O. The first-order chi connectivity index (χ1) is 8.63. The van der Waals surface area contributed by atoms with Crippen LogP contribution in [0, 0.1) is 5.92 Å². The predicted octanol–water partition coefficient (Wildman–Crippen LogP) is 1.22. The molecule has 1 aliphatic rings. The van der Waals surface area contributed by atoms with Gasteiger partial charge in [-0.15, -0.1) is 0 Å². The summed E-state index contributed by atoms with van der Waals surface area (Å²) in [6.45, 7) is 8.61. The van der Waals surface area contributed by atoms with Gasteiger partial charge in [-0.1, -0.05) is 0 Å². The van der Waals surface area contributed by atoms with Gasteiger partial charge in [-0.05, 0) is 59.2 Å². The molecule has 2 N–H and O–H groups in total. The third-order valence-electron chi connectivity index (χ3n) is 3.70. The molecule has 1 fully saturated rings. The van der Waals surface area contributed by atoms with Crippen molar-refractivity contribution in [1.29, 1.82) is 0 Å². The van der Waals surface area contributed by atoms with Gasteiger partial charge in [-0.3, -0.25) is 4.79 Å². The Bertz CT molecular complexity index is 243. The van der Waals surface area contributed by atoms with E-state index in [1.807, 2.05) is 7.05 Å². The monoisotopic (exact) mass is 255 g/mol. The summed E-state index contributed by atoms with van der Waals surface area (Å²) in [6, 6.07) is 0.624. The fraction of sp³-hybridized carbons (Fsp3) is 0.929. The third kappa shape index (κ3) is 5.83. The van der Waals surface area contributed by atoms with E-state index >= 15 is 0 Å². The Kier molecular flexibility index (Phi) is 7.28. The van der Waals surface area contributed by atoms with Gasteiger partial charge in [0.05, 0.1) is 0 Å². The summed E-state index contributed by atoms with van der Waals surface area (Å²) in [5, 5.41) is 6.14. The van der Waals surface area contributed by atoms with Gasteiger partial charge in [0.25, 0.3) is 0 Å². The minimum Gasteiger partial charge on any atom is -0.356 e. The molecule has 4 nitrogen and oxygen atoms in total. The van der Waals surface area contributed by atoms with Crippen molar-refractivity contribution < 1.29 is 4.79 Å². The van der Waals surface area contributed by atoms with Gasteiger partial charge in [-0.2, -0.15) is 0 Å². The average molecular weight is 255 g/mol. The summed E-state index contributed by atoms with van der Waals surface area (Å²) in [6.07, 6.45) is 4.07. The van der Waals surface area contributed by atoms with E-state index in [0.29, 0.717) is 18.4 Å². The molecule has 0 aromatic carbocycles. The highest BCUT2D eigenvalue weighted by Gasteiger charge is 2.21. The molecule has 0 saturated carbocycles. The first-order valence-electron chi connectivity index (χ1n) is 7.28. The second kappa shape index (κ2) is 8.48. The highest BCUT2D eigenvalue weighted by atomic mass is 16.1. The fourth-order valence-electron chi connectivity index (χ4n) is 2.51. The number of carbonyl (C=O) groups excluding carboxylic acids is 1. The largest absolute Gasteiger partial charge is 0.356 e. The Morgan fingerprint density at radius 3 is 2.89 bits per heavy atom. The topological polar surface area (TPSA) is 44.4 Å². The second-order valence-corrected chi connectivity index (χ2v) is 5.61. The molecule has 1 atom stereocenters. The maximum atomic E-state index is 11.6. The van der Waals surface area contributed by atoms with Crippen LogP contribution in [-0.4, -0.2) is 50.1 Å². The zero-order chi connectivity index (χ0) is 13.4. The van der Waals surface area contributed by atoms with E-state index < -0.39 is 0 Å². The maximum Gasteiger partial charge on any atom is 0.220 e. The minimum atomic E-state index is 0.201. The lowest BCUT2D eigenvalue weighted by molar-refractivity contribution is -0.121. The van der Waals surface area contributed by atoms with Crippen molar-refractivity contribution in [3.05, 3.63) is 0 Å². The maximum absolute atomic E-state index is 11.6. The predicted molar refractivity (Wildman–Crippen MR) is 75.6 cm³/mol. The van der Waals surface area contributed by atoms with Gasteiger partial charge >= 0.3 is 0 Å². The highest BCUT2D eigenvalue weighted by Crippen LogP contribution is 2.17. The smallest absolute Gasteiger partial charge is 0.220 e. The van der Waals surface area contributed by atoms with Gasteiger partial charge in [0.2, 0.25) is 5.91 Å². The molecule has 4 heteroatoms. The van der Waals surface area contributed by atoms with E-state index in [1.54, 1.807) is 0 Å². The van der Waals surface area contributed by atoms with Crippen LogP contribution in [-0.2, 0) is 4.79 Å². The molecule has 1 amide bonds. The summed E-state index contributed by atoms with van der Waals surface area (Å²) >= 11 is 0. The SMILES string of the molecule is CNCCCC(=O)NCC1CCCN(C(C)C)C1. The van der Waals surface area contributed by atoms with Crippen LogP contribution < -0.4 is 10.6 Å². The van der Waals surface area contributed by atoms with Crippen LogP contribution in [0.25, 0.3) is 0 Å². The summed E-state index contributed by atoms with van der Waals surface area (Å²) in [5.74, 6) is 0.835. The number of hydrogen-bond donors (Lipinski definition) is 2. The number of carbonyl (C=O) groups is 1. The van der Waals surface area contributed by atoms with E-state index in [1.165, 1.54) is 19.4 Å². The van der Waals surface area contributed by atoms with Crippen molar-refractivity contribution in [2.24, 2.45) is 5.92 Å².